The number of fused-ring (bicyclic) bond motifs is 1. The number of nitrogens with one attached hydrogen (secondary N) is 1. The average molecular weight is 487 g/mol. The number of piperidine rings is 1. The van der Waals surface area contributed by atoms with Gasteiger partial charge in [-0.3, -0.25) is 9.48 Å². The third-order valence-corrected chi connectivity index (χ3v) is 9.81. The number of sulfonamides is 1. The number of aromatic nitrogens is 2. The van der Waals surface area contributed by atoms with E-state index < -0.39 is 10.0 Å². The first-order valence-corrected chi connectivity index (χ1v) is 14.1. The lowest BCUT2D eigenvalue weighted by atomic mass is 9.96. The molecule has 1 N–H and O–H groups in total. The molecule has 2 aromatic heterocycles. The summed E-state index contributed by atoms with van der Waals surface area (Å²) in [6, 6.07) is 8.82. The van der Waals surface area contributed by atoms with Crippen molar-refractivity contribution >= 4 is 43.2 Å². The van der Waals surface area contributed by atoms with Gasteiger partial charge in [-0.15, -0.1) is 11.3 Å². The molecule has 1 aliphatic carbocycles. The van der Waals surface area contributed by atoms with Crippen molar-refractivity contribution < 1.29 is 13.2 Å². The van der Waals surface area contributed by atoms with Gasteiger partial charge in [0.1, 0.15) is 4.83 Å². The quantitative estimate of drug-likeness (QED) is 0.528. The third-order valence-electron chi connectivity index (χ3n) is 6.78. The summed E-state index contributed by atoms with van der Waals surface area (Å²) in [5.74, 6) is -0.183. The van der Waals surface area contributed by atoms with Gasteiger partial charge in [-0.05, 0) is 62.9 Å². The minimum Gasteiger partial charge on any atom is -0.321 e. The van der Waals surface area contributed by atoms with Gasteiger partial charge < -0.3 is 5.32 Å². The van der Waals surface area contributed by atoms with Crippen LogP contribution in [-0.4, -0.2) is 41.5 Å². The van der Waals surface area contributed by atoms with Crippen LogP contribution >= 0.6 is 11.3 Å². The Kier molecular flexibility index (Phi) is 6.28. The highest BCUT2D eigenvalue weighted by Gasteiger charge is 2.26. The molecule has 33 heavy (non-hydrogen) atoms. The molecule has 1 aromatic carbocycles. The first kappa shape index (κ1) is 22.6. The molecule has 2 aliphatic rings. The topological polar surface area (TPSA) is 84.3 Å². The fraction of sp³-hybridized carbons (Fsp3) is 0.500. The number of thiophene rings is 1. The molecule has 0 bridgehead atoms. The molecule has 1 aliphatic heterocycles. The van der Waals surface area contributed by atoms with Crippen LogP contribution in [0.25, 0.3) is 10.2 Å². The predicted molar refractivity (Wildman–Crippen MR) is 131 cm³/mol. The maximum Gasteiger partial charge on any atom is 0.265 e. The largest absolute Gasteiger partial charge is 0.321 e. The number of carbonyl (C=O) groups is 1. The molecular formula is C24H30N4O3S2. The lowest BCUT2D eigenvalue weighted by molar-refractivity contribution is 0.103. The second-order valence-corrected chi connectivity index (χ2v) is 12.1. The van der Waals surface area contributed by atoms with Crippen molar-refractivity contribution in [2.24, 2.45) is 0 Å². The Hall–Kier alpha value is -2.23. The monoisotopic (exact) mass is 486 g/mol. The van der Waals surface area contributed by atoms with Gasteiger partial charge in [-0.25, -0.2) is 8.42 Å². The van der Waals surface area contributed by atoms with Gasteiger partial charge in [0.25, 0.3) is 5.91 Å². The molecule has 0 spiro atoms. The molecule has 2 fully saturated rings. The molecule has 9 heteroatoms. The molecule has 3 heterocycles. The highest BCUT2D eigenvalue weighted by atomic mass is 32.2. The molecule has 1 saturated heterocycles. The highest BCUT2D eigenvalue weighted by molar-refractivity contribution is 7.89. The van der Waals surface area contributed by atoms with E-state index in [0.717, 1.165) is 48.0 Å². The number of benzene rings is 1. The van der Waals surface area contributed by atoms with Crippen LogP contribution in [0.15, 0.2) is 35.2 Å². The van der Waals surface area contributed by atoms with Crippen LogP contribution in [0.2, 0.25) is 0 Å². The van der Waals surface area contributed by atoms with Crippen molar-refractivity contribution in [2.75, 3.05) is 18.4 Å². The van der Waals surface area contributed by atoms with Gasteiger partial charge in [0, 0.05) is 24.2 Å². The maximum atomic E-state index is 13.0. The van der Waals surface area contributed by atoms with Gasteiger partial charge in [-0.1, -0.05) is 25.7 Å². The Morgan fingerprint density at radius 1 is 1.03 bits per heavy atom. The molecule has 0 atom stereocenters. The van der Waals surface area contributed by atoms with Crippen LogP contribution in [0.5, 0.6) is 0 Å². The number of nitrogens with zero attached hydrogens (tertiary/aromatic N) is 3. The molecule has 1 saturated carbocycles. The van der Waals surface area contributed by atoms with Crippen LogP contribution in [0.4, 0.5) is 5.69 Å². The molecule has 176 valence electrons. The van der Waals surface area contributed by atoms with E-state index in [1.165, 1.54) is 30.6 Å². The summed E-state index contributed by atoms with van der Waals surface area (Å²) in [4.78, 5) is 14.9. The second kappa shape index (κ2) is 9.19. The summed E-state index contributed by atoms with van der Waals surface area (Å²) in [5, 5.41) is 8.72. The minimum absolute atomic E-state index is 0.183. The zero-order valence-electron chi connectivity index (χ0n) is 18.9. The van der Waals surface area contributed by atoms with E-state index in [1.807, 2.05) is 13.0 Å². The zero-order valence-corrected chi connectivity index (χ0v) is 20.6. The fourth-order valence-corrected chi connectivity index (χ4v) is 7.56. The lowest BCUT2D eigenvalue weighted by Crippen LogP contribution is -2.35. The Balaban J connectivity index is 1.32. The highest BCUT2D eigenvalue weighted by Crippen LogP contribution is 2.35. The van der Waals surface area contributed by atoms with E-state index in [2.05, 4.69) is 10.00 Å². The summed E-state index contributed by atoms with van der Waals surface area (Å²) < 4.78 is 29.4. The third kappa shape index (κ3) is 4.46. The van der Waals surface area contributed by atoms with Crippen molar-refractivity contribution in [3.05, 3.63) is 40.9 Å². The smallest absolute Gasteiger partial charge is 0.265 e. The summed E-state index contributed by atoms with van der Waals surface area (Å²) >= 11 is 1.48. The van der Waals surface area contributed by atoms with Crippen molar-refractivity contribution in [2.45, 2.75) is 69.2 Å². The number of amides is 1. The van der Waals surface area contributed by atoms with Crippen LogP contribution in [0.1, 0.15) is 72.8 Å². The molecule has 3 aromatic rings. The summed E-state index contributed by atoms with van der Waals surface area (Å²) in [6.45, 7) is 3.15. The second-order valence-electron chi connectivity index (χ2n) is 9.09. The summed E-state index contributed by atoms with van der Waals surface area (Å²) in [5.41, 5.74) is 1.54. The number of rotatable bonds is 5. The van der Waals surface area contributed by atoms with Crippen LogP contribution in [0.3, 0.4) is 0 Å². The van der Waals surface area contributed by atoms with Gasteiger partial charge in [-0.2, -0.15) is 9.40 Å². The Morgan fingerprint density at radius 3 is 2.39 bits per heavy atom. The van der Waals surface area contributed by atoms with E-state index in [4.69, 9.17) is 5.10 Å². The summed E-state index contributed by atoms with van der Waals surface area (Å²) in [7, 11) is -3.48. The van der Waals surface area contributed by atoms with Crippen LogP contribution < -0.4 is 5.32 Å². The van der Waals surface area contributed by atoms with E-state index >= 15 is 0 Å². The van der Waals surface area contributed by atoms with Crippen LogP contribution in [-0.2, 0) is 10.0 Å². The van der Waals surface area contributed by atoms with Gasteiger partial charge in [0.05, 0.1) is 21.5 Å². The van der Waals surface area contributed by atoms with E-state index in [0.29, 0.717) is 29.7 Å². The van der Waals surface area contributed by atoms with E-state index in [-0.39, 0.29) is 10.8 Å². The van der Waals surface area contributed by atoms with Crippen molar-refractivity contribution in [1.82, 2.24) is 14.1 Å². The molecule has 5 rings (SSSR count). The fourth-order valence-electron chi connectivity index (χ4n) is 4.91. The molecular weight excluding hydrogens is 456 g/mol. The average Bonchev–Trinajstić information content (AvgIpc) is 3.41. The van der Waals surface area contributed by atoms with E-state index in [1.54, 1.807) is 28.6 Å². The Bertz CT molecular complexity index is 1250. The maximum absolute atomic E-state index is 13.0. The van der Waals surface area contributed by atoms with Crippen molar-refractivity contribution in [3.63, 3.8) is 0 Å². The number of hydrogen-bond acceptors (Lipinski definition) is 5. The number of carbonyl (C=O) groups excluding carboxylic acids is 1. The number of anilines is 1. The first-order chi connectivity index (χ1) is 15.9. The van der Waals surface area contributed by atoms with Gasteiger partial charge >= 0.3 is 0 Å². The Morgan fingerprint density at radius 2 is 1.70 bits per heavy atom. The molecule has 7 nitrogen and oxygen atoms in total. The van der Waals surface area contributed by atoms with E-state index in [9.17, 15) is 13.2 Å². The molecule has 0 unspecified atom stereocenters. The number of hydrogen-bond donors (Lipinski definition) is 1. The van der Waals surface area contributed by atoms with Crippen LogP contribution in [0, 0.1) is 6.92 Å². The molecule has 0 radical (unpaired) electrons. The predicted octanol–water partition coefficient (Wildman–Crippen LogP) is 5.34. The summed E-state index contributed by atoms with van der Waals surface area (Å²) in [6.07, 6.45) is 8.91. The van der Waals surface area contributed by atoms with Crippen molar-refractivity contribution in [1.29, 1.82) is 0 Å². The van der Waals surface area contributed by atoms with Gasteiger partial charge in [0.2, 0.25) is 10.0 Å². The zero-order chi connectivity index (χ0) is 23.0. The molecule has 1 amide bonds. The van der Waals surface area contributed by atoms with Gasteiger partial charge in [0.15, 0.2) is 0 Å². The minimum atomic E-state index is -3.48. The normalized spacial score (nSPS) is 18.6. The standard InChI is InChI=1S/C24H30N4O3S2/c1-17-21-16-22(32-24(21)28(26-17)19-8-4-2-5-9-19)23(29)25-18-10-12-20(13-11-18)33(30,31)27-14-6-3-7-15-27/h10-13,16,19H,2-9,14-15H2,1H3,(H,25,29). The first-order valence-electron chi connectivity index (χ1n) is 11.8. The Labute approximate surface area is 198 Å². The lowest BCUT2D eigenvalue weighted by Gasteiger charge is -2.25. The SMILES string of the molecule is Cc1nn(C2CCCCC2)c2sc(C(=O)Nc3ccc(S(=O)(=O)N4CCCCC4)cc3)cc12. The number of aryl methyl sites for hydroxylation is 1. The van der Waals surface area contributed by atoms with Crippen molar-refractivity contribution in [3.8, 4) is 0 Å².